The number of hydrogen-bond donors (Lipinski definition) is 0. The molecule has 0 amide bonds. The van der Waals surface area contributed by atoms with Crippen molar-refractivity contribution in [3.8, 4) is 5.75 Å². The summed E-state index contributed by atoms with van der Waals surface area (Å²) >= 11 is 6.30. The van der Waals surface area contributed by atoms with Crippen LogP contribution in [-0.2, 0) is 13.6 Å². The highest BCUT2D eigenvalue weighted by molar-refractivity contribution is 6.30. The molecular formula is C15H17ClFN3O. The normalized spacial score (nSPS) is 17.6. The zero-order valence-electron chi connectivity index (χ0n) is 12.2. The predicted octanol–water partition coefficient (Wildman–Crippen LogP) is 3.31. The number of halogens is 2. The number of anilines is 1. The van der Waals surface area contributed by atoms with E-state index in [4.69, 9.17) is 16.3 Å². The largest absolute Gasteiger partial charge is 0.487 e. The van der Waals surface area contributed by atoms with E-state index in [-0.39, 0.29) is 11.9 Å². The predicted molar refractivity (Wildman–Crippen MR) is 80.5 cm³/mol. The maximum Gasteiger partial charge on any atom is 0.146 e. The number of nitrogens with zero attached hydrogens (tertiary/aromatic N) is 3. The van der Waals surface area contributed by atoms with Crippen LogP contribution in [0, 0.1) is 12.7 Å². The lowest BCUT2D eigenvalue weighted by atomic mass is 10.1. The summed E-state index contributed by atoms with van der Waals surface area (Å²) in [6.45, 7) is 5.27. The van der Waals surface area contributed by atoms with Gasteiger partial charge in [0, 0.05) is 25.2 Å². The first kappa shape index (κ1) is 14.2. The topological polar surface area (TPSA) is 30.3 Å². The van der Waals surface area contributed by atoms with Gasteiger partial charge < -0.3 is 9.64 Å². The van der Waals surface area contributed by atoms with Crippen LogP contribution in [-0.4, -0.2) is 22.4 Å². The van der Waals surface area contributed by atoms with E-state index in [0.717, 1.165) is 23.5 Å². The van der Waals surface area contributed by atoms with Gasteiger partial charge in [0.15, 0.2) is 0 Å². The van der Waals surface area contributed by atoms with Crippen LogP contribution >= 0.6 is 11.6 Å². The van der Waals surface area contributed by atoms with Crippen LogP contribution in [0.2, 0.25) is 5.15 Å². The zero-order chi connectivity index (χ0) is 15.1. The number of hydrogen-bond acceptors (Lipinski definition) is 3. The summed E-state index contributed by atoms with van der Waals surface area (Å²) in [6.07, 6.45) is -0.00458. The van der Waals surface area contributed by atoms with Crippen LogP contribution in [0.5, 0.6) is 5.75 Å². The molecule has 21 heavy (non-hydrogen) atoms. The second-order valence-corrected chi connectivity index (χ2v) is 5.76. The molecule has 0 unspecified atom stereocenters. The molecular weight excluding hydrogens is 293 g/mol. The van der Waals surface area contributed by atoms with Crippen molar-refractivity contribution in [2.75, 3.05) is 11.4 Å². The maximum absolute atomic E-state index is 13.4. The molecule has 4 nitrogen and oxygen atoms in total. The first-order valence-electron chi connectivity index (χ1n) is 6.85. The van der Waals surface area contributed by atoms with E-state index < -0.39 is 0 Å². The molecule has 0 spiro atoms. The SMILES string of the molecule is Cc1nn(C)c(Cl)c1CN1C[C@H](C)Oc2cc(F)ccc21. The average molecular weight is 310 g/mol. The summed E-state index contributed by atoms with van der Waals surface area (Å²) in [6, 6.07) is 4.62. The maximum atomic E-state index is 13.4. The smallest absolute Gasteiger partial charge is 0.146 e. The van der Waals surface area contributed by atoms with Crippen LogP contribution < -0.4 is 9.64 Å². The molecule has 2 heterocycles. The fourth-order valence-corrected chi connectivity index (χ4v) is 2.93. The highest BCUT2D eigenvalue weighted by Crippen LogP contribution is 2.35. The van der Waals surface area contributed by atoms with E-state index in [1.165, 1.54) is 12.1 Å². The minimum atomic E-state index is -0.293. The van der Waals surface area contributed by atoms with Crippen molar-refractivity contribution in [1.82, 2.24) is 9.78 Å². The van der Waals surface area contributed by atoms with Crippen LogP contribution in [0.3, 0.4) is 0 Å². The molecule has 0 saturated carbocycles. The van der Waals surface area contributed by atoms with Gasteiger partial charge in [-0.25, -0.2) is 4.39 Å². The molecule has 1 aliphatic heterocycles. The van der Waals surface area contributed by atoms with Crippen molar-refractivity contribution >= 4 is 17.3 Å². The Morgan fingerprint density at radius 2 is 2.24 bits per heavy atom. The molecule has 0 fully saturated rings. The highest BCUT2D eigenvalue weighted by atomic mass is 35.5. The Hall–Kier alpha value is -1.75. The molecule has 6 heteroatoms. The Kier molecular flexibility index (Phi) is 3.53. The number of ether oxygens (including phenoxy) is 1. The van der Waals surface area contributed by atoms with E-state index in [1.807, 2.05) is 20.9 Å². The lowest BCUT2D eigenvalue weighted by molar-refractivity contribution is 0.211. The molecule has 0 saturated heterocycles. The van der Waals surface area contributed by atoms with Gasteiger partial charge in [0.1, 0.15) is 22.8 Å². The highest BCUT2D eigenvalue weighted by Gasteiger charge is 2.25. The van der Waals surface area contributed by atoms with E-state index in [0.29, 0.717) is 17.4 Å². The summed E-state index contributed by atoms with van der Waals surface area (Å²) < 4.78 is 20.8. The van der Waals surface area contributed by atoms with Gasteiger partial charge in [0.05, 0.1) is 17.9 Å². The summed E-state index contributed by atoms with van der Waals surface area (Å²) in [4.78, 5) is 2.15. The van der Waals surface area contributed by atoms with Gasteiger partial charge in [-0.15, -0.1) is 0 Å². The summed E-state index contributed by atoms with van der Waals surface area (Å²) in [5.74, 6) is 0.282. The van der Waals surface area contributed by atoms with Gasteiger partial charge in [-0.05, 0) is 26.0 Å². The van der Waals surface area contributed by atoms with E-state index >= 15 is 0 Å². The summed E-state index contributed by atoms with van der Waals surface area (Å²) in [5, 5.41) is 4.97. The van der Waals surface area contributed by atoms with Crippen LogP contribution in [0.4, 0.5) is 10.1 Å². The fourth-order valence-electron chi connectivity index (χ4n) is 2.70. The number of fused-ring (bicyclic) bond motifs is 1. The third-order valence-corrected chi connectivity index (χ3v) is 4.16. The van der Waals surface area contributed by atoms with Gasteiger partial charge in [-0.2, -0.15) is 5.10 Å². The fraction of sp³-hybridized carbons (Fsp3) is 0.400. The minimum absolute atomic E-state index is 0.00458. The number of aromatic nitrogens is 2. The lowest BCUT2D eigenvalue weighted by Gasteiger charge is -2.35. The van der Waals surface area contributed by atoms with Crippen molar-refractivity contribution in [3.63, 3.8) is 0 Å². The zero-order valence-corrected chi connectivity index (χ0v) is 13.0. The van der Waals surface area contributed by atoms with Gasteiger partial charge >= 0.3 is 0 Å². The molecule has 3 rings (SSSR count). The van der Waals surface area contributed by atoms with Gasteiger partial charge in [-0.1, -0.05) is 11.6 Å². The van der Waals surface area contributed by atoms with Crippen LogP contribution in [0.1, 0.15) is 18.2 Å². The molecule has 0 N–H and O–H groups in total. The lowest BCUT2D eigenvalue weighted by Crippen LogP contribution is -2.38. The molecule has 1 atom stereocenters. The van der Waals surface area contributed by atoms with Crippen LogP contribution in [0.15, 0.2) is 18.2 Å². The molecule has 2 aromatic rings. The first-order chi connectivity index (χ1) is 9.95. The molecule has 0 bridgehead atoms. The number of aryl methyl sites for hydroxylation is 2. The van der Waals surface area contributed by atoms with E-state index in [9.17, 15) is 4.39 Å². The third-order valence-electron chi connectivity index (χ3n) is 3.69. The van der Waals surface area contributed by atoms with Gasteiger partial charge in [0.25, 0.3) is 0 Å². The Morgan fingerprint density at radius 1 is 1.48 bits per heavy atom. The molecule has 0 aliphatic carbocycles. The molecule has 1 aromatic carbocycles. The van der Waals surface area contributed by atoms with Gasteiger partial charge in [0.2, 0.25) is 0 Å². The Morgan fingerprint density at radius 3 is 2.90 bits per heavy atom. The quantitative estimate of drug-likeness (QED) is 0.852. The molecule has 0 radical (unpaired) electrons. The van der Waals surface area contributed by atoms with Crippen molar-refractivity contribution in [2.24, 2.45) is 7.05 Å². The second-order valence-electron chi connectivity index (χ2n) is 5.40. The average Bonchev–Trinajstić information content (AvgIpc) is 2.64. The molecule has 1 aromatic heterocycles. The van der Waals surface area contributed by atoms with Gasteiger partial charge in [-0.3, -0.25) is 4.68 Å². The standard InChI is InChI=1S/C15H17ClFN3O/c1-9-7-20(8-12-10(2)18-19(3)15(12)16)13-5-4-11(17)6-14(13)21-9/h4-6,9H,7-8H2,1-3H3/t9-/m0/s1. The van der Waals surface area contributed by atoms with Crippen molar-refractivity contribution in [2.45, 2.75) is 26.5 Å². The Bertz CT molecular complexity index is 686. The monoisotopic (exact) mass is 309 g/mol. The van der Waals surface area contributed by atoms with Crippen molar-refractivity contribution < 1.29 is 9.13 Å². The molecule has 1 aliphatic rings. The van der Waals surface area contributed by atoms with E-state index in [1.54, 1.807) is 10.7 Å². The Labute approximate surface area is 128 Å². The number of rotatable bonds is 2. The number of benzene rings is 1. The Balaban J connectivity index is 1.96. The minimum Gasteiger partial charge on any atom is -0.487 e. The second kappa shape index (κ2) is 5.22. The molecule has 112 valence electrons. The summed E-state index contributed by atoms with van der Waals surface area (Å²) in [7, 11) is 1.82. The van der Waals surface area contributed by atoms with Crippen molar-refractivity contribution in [1.29, 1.82) is 0 Å². The third kappa shape index (κ3) is 2.58. The van der Waals surface area contributed by atoms with Crippen molar-refractivity contribution in [3.05, 3.63) is 40.4 Å². The van der Waals surface area contributed by atoms with Crippen LogP contribution in [0.25, 0.3) is 0 Å². The van der Waals surface area contributed by atoms with E-state index in [2.05, 4.69) is 10.00 Å². The summed E-state index contributed by atoms with van der Waals surface area (Å²) in [5.41, 5.74) is 2.78. The first-order valence-corrected chi connectivity index (χ1v) is 7.22.